The topological polar surface area (TPSA) is 85.4 Å². The van der Waals surface area contributed by atoms with Crippen LogP contribution in [0, 0.1) is 0 Å². The maximum absolute atomic E-state index is 12.6. The van der Waals surface area contributed by atoms with Gasteiger partial charge in [-0.1, -0.05) is 32.7 Å². The first kappa shape index (κ1) is 30.0. The summed E-state index contributed by atoms with van der Waals surface area (Å²) in [4.78, 5) is 11.4. The fourth-order valence-electron chi connectivity index (χ4n) is 3.39. The van der Waals surface area contributed by atoms with E-state index in [4.69, 9.17) is 4.74 Å². The van der Waals surface area contributed by atoms with E-state index >= 15 is 0 Å². The van der Waals surface area contributed by atoms with Crippen molar-refractivity contribution in [2.24, 2.45) is 0 Å². The van der Waals surface area contributed by atoms with Gasteiger partial charge in [0.15, 0.2) is 5.01 Å². The van der Waals surface area contributed by atoms with Crippen molar-refractivity contribution >= 4 is 43.9 Å². The predicted octanol–water partition coefficient (Wildman–Crippen LogP) is 6.80. The van der Waals surface area contributed by atoms with Gasteiger partial charge in [0.2, 0.25) is 5.13 Å². The number of nitrogens with zero attached hydrogens (tertiary/aromatic N) is 2. The van der Waals surface area contributed by atoms with Crippen LogP contribution in [0.25, 0.3) is 0 Å². The number of hydrogen-bond acceptors (Lipinski definition) is 9. The first-order valence-electron chi connectivity index (χ1n) is 10.9. The molecule has 38 heavy (non-hydrogen) atoms. The highest BCUT2D eigenvalue weighted by atomic mass is 32.2. The maximum atomic E-state index is 12.6. The number of aromatic nitrogens is 2. The molecule has 7 nitrogen and oxygen atoms in total. The highest BCUT2D eigenvalue weighted by molar-refractivity contribution is 7.97. The van der Waals surface area contributed by atoms with Crippen molar-refractivity contribution in [3.05, 3.63) is 58.6 Å². The van der Waals surface area contributed by atoms with Crippen molar-refractivity contribution in [2.75, 3.05) is 12.4 Å². The Morgan fingerprint density at radius 2 is 1.89 bits per heavy atom. The Morgan fingerprint density at radius 3 is 2.47 bits per heavy atom. The third-order valence-corrected chi connectivity index (χ3v) is 7.41. The lowest BCUT2D eigenvalue weighted by Gasteiger charge is -2.38. The number of aldehydes is 1. The van der Waals surface area contributed by atoms with Crippen molar-refractivity contribution in [2.45, 2.75) is 48.8 Å². The molecule has 1 aromatic heterocycles. The van der Waals surface area contributed by atoms with E-state index < -0.39 is 17.6 Å². The molecule has 2 aromatic carbocycles. The van der Waals surface area contributed by atoms with E-state index in [2.05, 4.69) is 25.0 Å². The Morgan fingerprint density at radius 1 is 1.18 bits per heavy atom. The molecule has 2 heterocycles. The van der Waals surface area contributed by atoms with Crippen molar-refractivity contribution in [1.82, 2.24) is 14.9 Å². The summed E-state index contributed by atoms with van der Waals surface area (Å²) in [7, 11) is 3.01. The molecule has 0 aliphatic carbocycles. The molecule has 1 aliphatic rings. The largest absolute Gasteiger partial charge is 0.573 e. The Hall–Kier alpha value is -2.54. The molecule has 2 atom stereocenters. The van der Waals surface area contributed by atoms with E-state index in [1.807, 2.05) is 13.8 Å². The molecule has 1 aliphatic heterocycles. The second-order valence-corrected chi connectivity index (χ2v) is 11.1. The Kier molecular flexibility index (Phi) is 9.56. The van der Waals surface area contributed by atoms with Gasteiger partial charge in [0, 0.05) is 30.6 Å². The third-order valence-electron chi connectivity index (χ3n) is 4.94. The number of carbonyl (C=O) groups is 1. The average molecular weight is 595 g/mol. The van der Waals surface area contributed by atoms with Crippen LogP contribution in [0.5, 0.6) is 11.5 Å². The highest BCUT2D eigenvalue weighted by Crippen LogP contribution is 2.42. The lowest BCUT2D eigenvalue weighted by molar-refractivity contribution is -0.275. The minimum atomic E-state index is -4.76. The van der Waals surface area contributed by atoms with Crippen LogP contribution in [0.15, 0.2) is 47.4 Å². The number of carbonyl (C=O) groups excluding carboxylic acids is 1. The number of benzene rings is 2. The molecular formula is C23H24F5N4O3PS2. The summed E-state index contributed by atoms with van der Waals surface area (Å²) in [5.74, 6) is 0.380. The number of halogens is 5. The lowest BCUT2D eigenvalue weighted by Crippen LogP contribution is -2.38. The normalized spacial score (nSPS) is 16.4. The number of alkyl halides is 5. The number of para-hydroxylation sites is 1. The number of ether oxygens (including phenoxy) is 2. The van der Waals surface area contributed by atoms with Crippen LogP contribution in [-0.2, 0) is 5.66 Å². The summed E-state index contributed by atoms with van der Waals surface area (Å²) in [6.45, 7) is 3.87. The number of hydrogen-bond donors (Lipinski definition) is 2. The summed E-state index contributed by atoms with van der Waals surface area (Å²) in [6, 6.07) is 10.9. The monoisotopic (exact) mass is 594 g/mol. The van der Waals surface area contributed by atoms with Gasteiger partial charge in [-0.2, -0.15) is 8.78 Å². The predicted molar refractivity (Wildman–Crippen MR) is 139 cm³/mol. The summed E-state index contributed by atoms with van der Waals surface area (Å²) in [5.41, 5.74) is -2.13. The van der Waals surface area contributed by atoms with Crippen LogP contribution >= 0.6 is 32.5 Å². The second-order valence-electron chi connectivity index (χ2n) is 8.53. The zero-order chi connectivity index (χ0) is 28.1. The second kappa shape index (κ2) is 12.1. The zero-order valence-electron chi connectivity index (χ0n) is 20.3. The molecule has 0 radical (unpaired) electrons. The van der Waals surface area contributed by atoms with Crippen LogP contribution in [-0.4, -0.2) is 35.5 Å². The minimum Gasteiger partial charge on any atom is -0.487 e. The number of nitrogens with one attached hydrogen (secondary N) is 2. The quantitative estimate of drug-likeness (QED) is 0.134. The first-order valence-corrected chi connectivity index (χ1v) is 13.2. The van der Waals surface area contributed by atoms with E-state index in [-0.39, 0.29) is 16.8 Å². The summed E-state index contributed by atoms with van der Waals surface area (Å²) >= 11 is 1.89. The molecule has 0 fully saturated rings. The third kappa shape index (κ3) is 8.48. The SMILES string of the molecule is CC1(C)CC(NSc2ccccc2OC(F)(F)F)c2cc(C=O)ccc2O1.CNc1nnc(C(F)(F)P)s1. The van der Waals surface area contributed by atoms with Gasteiger partial charge in [-0.15, -0.1) is 23.4 Å². The number of rotatable bonds is 7. The molecule has 0 saturated carbocycles. The van der Waals surface area contributed by atoms with E-state index in [9.17, 15) is 26.7 Å². The number of fused-ring (bicyclic) bond motifs is 1. The molecule has 4 rings (SSSR count). The van der Waals surface area contributed by atoms with E-state index in [0.29, 0.717) is 27.8 Å². The Labute approximate surface area is 226 Å². The fourth-order valence-corrected chi connectivity index (χ4v) is 5.04. The van der Waals surface area contributed by atoms with Gasteiger partial charge < -0.3 is 14.8 Å². The van der Waals surface area contributed by atoms with Gasteiger partial charge in [0.1, 0.15) is 23.4 Å². The Balaban J connectivity index is 0.000000304. The number of anilines is 1. The van der Waals surface area contributed by atoms with E-state index in [0.717, 1.165) is 35.1 Å². The fraction of sp³-hybridized carbons (Fsp3) is 0.348. The molecule has 0 spiro atoms. The van der Waals surface area contributed by atoms with Crippen molar-refractivity contribution in [1.29, 1.82) is 0 Å². The van der Waals surface area contributed by atoms with E-state index in [1.54, 1.807) is 37.4 Å². The van der Waals surface area contributed by atoms with Crippen LogP contribution in [0.3, 0.4) is 0 Å². The van der Waals surface area contributed by atoms with Crippen molar-refractivity contribution < 1.29 is 36.2 Å². The standard InChI is InChI=1S/C19H18F3NO3S.C4H6F2N3PS/c1-18(2)10-14(13-9-12(11-24)7-8-15(13)25-18)23-27-17-6-4-3-5-16(17)26-19(20,21)22;1-7-3-9-8-2(11-3)4(5,6)10/h3-9,11,14,23H,10H2,1-2H3;10H2,1H3,(H,7,9). The van der Waals surface area contributed by atoms with Crippen molar-refractivity contribution in [3.8, 4) is 11.5 Å². The maximum Gasteiger partial charge on any atom is 0.573 e. The molecule has 206 valence electrons. The van der Waals surface area contributed by atoms with E-state index in [1.165, 1.54) is 21.4 Å². The smallest absolute Gasteiger partial charge is 0.487 e. The lowest BCUT2D eigenvalue weighted by atomic mass is 9.89. The molecule has 15 heteroatoms. The van der Waals surface area contributed by atoms with Gasteiger partial charge in [-0.25, -0.2) is 0 Å². The van der Waals surface area contributed by atoms with Gasteiger partial charge in [-0.05, 0) is 56.1 Å². The van der Waals surface area contributed by atoms with Gasteiger partial charge >= 0.3 is 12.0 Å². The molecule has 3 aromatic rings. The van der Waals surface area contributed by atoms with Crippen LogP contribution in [0.2, 0.25) is 0 Å². The summed E-state index contributed by atoms with van der Waals surface area (Å²) in [5, 5.41) is 9.47. The molecule has 0 bridgehead atoms. The zero-order valence-corrected chi connectivity index (χ0v) is 23.1. The molecule has 2 N–H and O–H groups in total. The molecule has 0 saturated heterocycles. The van der Waals surface area contributed by atoms with Gasteiger partial charge in [0.25, 0.3) is 0 Å². The Bertz CT molecular complexity index is 1250. The molecule has 2 unspecified atom stereocenters. The first-order chi connectivity index (χ1) is 17.7. The molecule has 0 amide bonds. The average Bonchev–Trinajstić information content (AvgIpc) is 3.32. The summed E-state index contributed by atoms with van der Waals surface area (Å²) in [6.07, 6.45) is -3.43. The van der Waals surface area contributed by atoms with Crippen LogP contribution < -0.4 is 19.5 Å². The highest BCUT2D eigenvalue weighted by Gasteiger charge is 2.35. The van der Waals surface area contributed by atoms with Gasteiger partial charge in [0.05, 0.1) is 4.90 Å². The minimum absolute atomic E-state index is 0.215. The van der Waals surface area contributed by atoms with Crippen LogP contribution in [0.1, 0.15) is 47.2 Å². The molecular weight excluding hydrogens is 570 g/mol. The van der Waals surface area contributed by atoms with Crippen molar-refractivity contribution in [3.63, 3.8) is 0 Å². The summed E-state index contributed by atoms with van der Waals surface area (Å²) < 4.78 is 75.9. The van der Waals surface area contributed by atoms with Crippen LogP contribution in [0.4, 0.5) is 27.1 Å². The van der Waals surface area contributed by atoms with Gasteiger partial charge in [-0.3, -0.25) is 9.52 Å².